The minimum atomic E-state index is 0.0878. The molecule has 14 heavy (non-hydrogen) atoms. The minimum Gasteiger partial charge on any atom is -0.219 e. The van der Waals surface area contributed by atoms with E-state index in [2.05, 4.69) is 25.9 Å². The van der Waals surface area contributed by atoms with E-state index in [-0.39, 0.29) is 5.82 Å². The summed E-state index contributed by atoms with van der Waals surface area (Å²) < 4.78 is 0.903. The second kappa shape index (κ2) is 3.52. The Kier molecular flexibility index (Phi) is 2.36. The van der Waals surface area contributed by atoms with Gasteiger partial charge < -0.3 is 0 Å². The van der Waals surface area contributed by atoms with E-state index in [0.29, 0.717) is 10.7 Å². The van der Waals surface area contributed by atoms with E-state index in [4.69, 9.17) is 16.9 Å². The van der Waals surface area contributed by atoms with Gasteiger partial charge in [0.2, 0.25) is 5.82 Å². The first-order valence-corrected chi connectivity index (χ1v) is 4.90. The predicted octanol–water partition coefficient (Wildman–Crippen LogP) is 2.92. The smallest absolute Gasteiger partial charge is 0.219 e. The lowest BCUT2D eigenvalue weighted by molar-refractivity contribution is 1.16. The average molecular weight is 269 g/mol. The summed E-state index contributed by atoms with van der Waals surface area (Å²) in [7, 11) is 0. The molecular formula is C9H3BrClN3. The van der Waals surface area contributed by atoms with Crippen LogP contribution in [0.2, 0.25) is 5.15 Å². The van der Waals surface area contributed by atoms with Gasteiger partial charge in [0.25, 0.3) is 0 Å². The molecule has 5 heteroatoms. The number of aromatic nitrogens is 2. The van der Waals surface area contributed by atoms with E-state index in [1.54, 1.807) is 6.07 Å². The van der Waals surface area contributed by atoms with Gasteiger partial charge in [0.1, 0.15) is 11.2 Å². The Hall–Kier alpha value is -1.18. The van der Waals surface area contributed by atoms with Crippen molar-refractivity contribution in [1.29, 1.82) is 5.26 Å². The Morgan fingerprint density at radius 1 is 1.36 bits per heavy atom. The van der Waals surface area contributed by atoms with Crippen molar-refractivity contribution < 1.29 is 0 Å². The molecule has 3 nitrogen and oxygen atoms in total. The highest BCUT2D eigenvalue weighted by Crippen LogP contribution is 2.23. The molecule has 0 fully saturated rings. The zero-order valence-electron chi connectivity index (χ0n) is 6.83. The van der Waals surface area contributed by atoms with Crippen LogP contribution in [0.4, 0.5) is 0 Å². The molecular weight excluding hydrogens is 265 g/mol. The number of halogens is 2. The Morgan fingerprint density at radius 2 is 2.14 bits per heavy atom. The molecule has 1 aromatic heterocycles. The van der Waals surface area contributed by atoms with Crippen LogP contribution in [-0.4, -0.2) is 9.97 Å². The van der Waals surface area contributed by atoms with E-state index in [9.17, 15) is 0 Å². The number of hydrogen-bond acceptors (Lipinski definition) is 3. The van der Waals surface area contributed by atoms with Gasteiger partial charge in [-0.3, -0.25) is 0 Å². The van der Waals surface area contributed by atoms with Crippen LogP contribution in [0.15, 0.2) is 22.7 Å². The average Bonchev–Trinajstić information content (AvgIpc) is 2.19. The number of nitrogens with zero attached hydrogens (tertiary/aromatic N) is 3. The summed E-state index contributed by atoms with van der Waals surface area (Å²) in [6.07, 6.45) is 0. The van der Waals surface area contributed by atoms with Crippen LogP contribution < -0.4 is 0 Å². The van der Waals surface area contributed by atoms with Gasteiger partial charge in [0.05, 0.1) is 5.52 Å². The third-order valence-corrected chi connectivity index (χ3v) is 2.49. The third-order valence-electron chi connectivity index (χ3n) is 1.71. The molecule has 0 N–H and O–H groups in total. The number of nitriles is 1. The first kappa shape index (κ1) is 9.38. The summed E-state index contributed by atoms with van der Waals surface area (Å²) in [5.74, 6) is 0.0878. The van der Waals surface area contributed by atoms with Crippen molar-refractivity contribution in [3.05, 3.63) is 33.6 Å². The maximum atomic E-state index is 8.63. The fraction of sp³-hybridized carbons (Fsp3) is 0. The van der Waals surface area contributed by atoms with Crippen LogP contribution in [0.5, 0.6) is 0 Å². The van der Waals surface area contributed by atoms with E-state index in [1.165, 1.54) is 0 Å². The molecule has 1 heterocycles. The highest BCUT2D eigenvalue weighted by Gasteiger charge is 2.05. The van der Waals surface area contributed by atoms with Gasteiger partial charge in [-0.1, -0.05) is 27.5 Å². The molecule has 2 rings (SSSR count). The molecule has 68 valence electrons. The van der Waals surface area contributed by atoms with E-state index in [1.807, 2.05) is 18.2 Å². The second-order valence-electron chi connectivity index (χ2n) is 2.61. The molecule has 0 saturated carbocycles. The van der Waals surface area contributed by atoms with Crippen molar-refractivity contribution in [2.24, 2.45) is 0 Å². The van der Waals surface area contributed by atoms with Crippen molar-refractivity contribution in [1.82, 2.24) is 9.97 Å². The van der Waals surface area contributed by atoms with Crippen molar-refractivity contribution in [3.63, 3.8) is 0 Å². The molecule has 0 spiro atoms. The fourth-order valence-corrected chi connectivity index (χ4v) is 1.71. The quantitative estimate of drug-likeness (QED) is 0.690. The van der Waals surface area contributed by atoms with Gasteiger partial charge in [0, 0.05) is 9.86 Å². The van der Waals surface area contributed by atoms with Gasteiger partial charge >= 0.3 is 0 Å². The van der Waals surface area contributed by atoms with Crippen LogP contribution in [0.1, 0.15) is 5.82 Å². The predicted molar refractivity (Wildman–Crippen MR) is 57.0 cm³/mol. The Bertz CT molecular complexity index is 547. The second-order valence-corrected chi connectivity index (χ2v) is 3.88. The molecule has 0 unspecified atom stereocenters. The third kappa shape index (κ3) is 1.57. The summed E-state index contributed by atoms with van der Waals surface area (Å²) in [6, 6.07) is 7.30. The van der Waals surface area contributed by atoms with E-state index < -0.39 is 0 Å². The van der Waals surface area contributed by atoms with Crippen LogP contribution in [0.25, 0.3) is 10.9 Å². The molecule has 0 saturated heterocycles. The van der Waals surface area contributed by atoms with Gasteiger partial charge in [-0.05, 0) is 18.2 Å². The molecule has 2 aromatic rings. The Labute approximate surface area is 93.5 Å². The van der Waals surface area contributed by atoms with E-state index in [0.717, 1.165) is 9.86 Å². The SMILES string of the molecule is N#Cc1nc(Cl)c2cc(Br)ccc2n1. The number of fused-ring (bicyclic) bond motifs is 1. The summed E-state index contributed by atoms with van der Waals surface area (Å²) >= 11 is 9.21. The Balaban J connectivity index is 2.84. The zero-order chi connectivity index (χ0) is 10.1. The molecule has 0 atom stereocenters. The standard InChI is InChI=1S/C9H3BrClN3/c10-5-1-2-7-6(3-5)9(11)14-8(4-12)13-7/h1-3H. The molecule has 0 aliphatic rings. The highest BCUT2D eigenvalue weighted by molar-refractivity contribution is 9.10. The summed E-state index contributed by atoms with van der Waals surface area (Å²) in [4.78, 5) is 7.85. The molecule has 0 radical (unpaired) electrons. The largest absolute Gasteiger partial charge is 0.234 e. The lowest BCUT2D eigenvalue weighted by atomic mass is 10.2. The first-order valence-electron chi connectivity index (χ1n) is 3.73. The normalized spacial score (nSPS) is 10.1. The Morgan fingerprint density at radius 3 is 2.86 bits per heavy atom. The summed E-state index contributed by atoms with van der Waals surface area (Å²) in [5.41, 5.74) is 0.671. The van der Waals surface area contributed by atoms with Gasteiger partial charge in [-0.25, -0.2) is 9.97 Å². The lowest BCUT2D eigenvalue weighted by Crippen LogP contribution is -1.91. The minimum absolute atomic E-state index is 0.0878. The van der Waals surface area contributed by atoms with E-state index >= 15 is 0 Å². The maximum Gasteiger partial charge on any atom is 0.234 e. The summed E-state index contributed by atoms with van der Waals surface area (Å²) in [6.45, 7) is 0. The van der Waals surface area contributed by atoms with Crippen molar-refractivity contribution in [2.45, 2.75) is 0 Å². The van der Waals surface area contributed by atoms with Gasteiger partial charge in [0.15, 0.2) is 0 Å². The lowest BCUT2D eigenvalue weighted by Gasteiger charge is -1.99. The van der Waals surface area contributed by atoms with Crippen LogP contribution in [0.3, 0.4) is 0 Å². The maximum absolute atomic E-state index is 8.63. The van der Waals surface area contributed by atoms with Crippen LogP contribution in [0, 0.1) is 11.3 Å². The van der Waals surface area contributed by atoms with Crippen LogP contribution in [-0.2, 0) is 0 Å². The first-order chi connectivity index (χ1) is 6.70. The molecule has 1 aromatic carbocycles. The van der Waals surface area contributed by atoms with Crippen molar-refractivity contribution >= 4 is 38.4 Å². The molecule has 0 amide bonds. The monoisotopic (exact) mass is 267 g/mol. The number of hydrogen-bond donors (Lipinski definition) is 0. The fourth-order valence-electron chi connectivity index (χ4n) is 1.11. The molecule has 0 bridgehead atoms. The summed E-state index contributed by atoms with van der Waals surface area (Å²) in [5, 5.41) is 9.67. The molecule has 0 aliphatic heterocycles. The molecule has 0 aliphatic carbocycles. The zero-order valence-corrected chi connectivity index (χ0v) is 9.17. The van der Waals surface area contributed by atoms with Gasteiger partial charge in [-0.15, -0.1) is 0 Å². The van der Waals surface area contributed by atoms with Crippen LogP contribution >= 0.6 is 27.5 Å². The van der Waals surface area contributed by atoms with Crippen molar-refractivity contribution in [3.8, 4) is 6.07 Å². The van der Waals surface area contributed by atoms with Crippen molar-refractivity contribution in [2.75, 3.05) is 0 Å². The topological polar surface area (TPSA) is 49.6 Å². The number of benzene rings is 1. The number of rotatable bonds is 0. The van der Waals surface area contributed by atoms with Gasteiger partial charge in [-0.2, -0.15) is 5.26 Å². The highest BCUT2D eigenvalue weighted by atomic mass is 79.9.